The zero-order chi connectivity index (χ0) is 13.2. The lowest BCUT2D eigenvalue weighted by Gasteiger charge is -2.08. The first-order valence-corrected chi connectivity index (χ1v) is 4.91. The molecule has 0 amide bonds. The number of aromatic nitrogens is 2. The summed E-state index contributed by atoms with van der Waals surface area (Å²) in [5, 5.41) is 8.87. The normalized spacial score (nSPS) is 11.0. The maximum Gasteiger partial charge on any atom is 0.433 e. The lowest BCUT2D eigenvalue weighted by atomic mass is 10.1. The molecule has 2 aromatic heterocycles. The number of alkyl halides is 3. The number of nitriles is 1. The largest absolute Gasteiger partial charge is 0.433 e. The van der Waals surface area contributed by atoms with Crippen LogP contribution in [0.15, 0.2) is 36.7 Å². The van der Waals surface area contributed by atoms with Crippen LogP contribution in [0.3, 0.4) is 0 Å². The van der Waals surface area contributed by atoms with Crippen molar-refractivity contribution in [2.45, 2.75) is 6.18 Å². The minimum Gasteiger partial charge on any atom is -0.265 e. The van der Waals surface area contributed by atoms with Gasteiger partial charge < -0.3 is 0 Å². The molecule has 90 valence electrons. The highest BCUT2D eigenvalue weighted by atomic mass is 19.4. The third-order valence-corrected chi connectivity index (χ3v) is 2.28. The van der Waals surface area contributed by atoms with Crippen LogP contribution in [-0.2, 0) is 6.18 Å². The summed E-state index contributed by atoms with van der Waals surface area (Å²) in [5.41, 5.74) is -0.372. The second kappa shape index (κ2) is 4.45. The molecule has 0 bridgehead atoms. The van der Waals surface area contributed by atoms with Crippen molar-refractivity contribution in [1.82, 2.24) is 9.97 Å². The Hall–Kier alpha value is -2.42. The molecule has 6 heteroatoms. The summed E-state index contributed by atoms with van der Waals surface area (Å²) in [6.07, 6.45) is -1.56. The molecule has 2 rings (SSSR count). The summed E-state index contributed by atoms with van der Waals surface area (Å²) in [6.45, 7) is 0. The van der Waals surface area contributed by atoms with Gasteiger partial charge in [0, 0.05) is 18.0 Å². The molecule has 0 fully saturated rings. The fourth-order valence-corrected chi connectivity index (χ4v) is 1.47. The van der Waals surface area contributed by atoms with Crippen molar-refractivity contribution >= 4 is 0 Å². The number of halogens is 3. The third kappa shape index (κ3) is 2.30. The van der Waals surface area contributed by atoms with Gasteiger partial charge in [-0.3, -0.25) is 4.98 Å². The van der Waals surface area contributed by atoms with Gasteiger partial charge in [0.05, 0.1) is 0 Å². The molecule has 0 spiro atoms. The molecule has 0 aliphatic carbocycles. The molecule has 2 aromatic rings. The van der Waals surface area contributed by atoms with Crippen LogP contribution in [0.2, 0.25) is 0 Å². The highest BCUT2D eigenvalue weighted by Gasteiger charge is 2.33. The maximum absolute atomic E-state index is 12.5. The topological polar surface area (TPSA) is 49.6 Å². The highest BCUT2D eigenvalue weighted by molar-refractivity contribution is 5.68. The molecule has 0 aliphatic heterocycles. The Balaban J connectivity index is 2.56. The van der Waals surface area contributed by atoms with E-state index in [0.717, 1.165) is 6.07 Å². The predicted octanol–water partition coefficient (Wildman–Crippen LogP) is 3.03. The Morgan fingerprint density at radius 1 is 1.06 bits per heavy atom. The molecule has 0 atom stereocenters. The van der Waals surface area contributed by atoms with Gasteiger partial charge in [-0.25, -0.2) is 4.98 Å². The molecule has 0 N–H and O–H groups in total. The summed E-state index contributed by atoms with van der Waals surface area (Å²) in [5.74, 6) is 0. The predicted molar refractivity (Wildman–Crippen MR) is 57.2 cm³/mol. The summed E-state index contributed by atoms with van der Waals surface area (Å²) in [7, 11) is 0. The van der Waals surface area contributed by atoms with Gasteiger partial charge in [0.15, 0.2) is 0 Å². The Morgan fingerprint density at radius 2 is 1.72 bits per heavy atom. The van der Waals surface area contributed by atoms with E-state index in [1.54, 1.807) is 18.2 Å². The monoisotopic (exact) mass is 249 g/mol. The van der Waals surface area contributed by atoms with E-state index in [1.807, 2.05) is 0 Å². The van der Waals surface area contributed by atoms with E-state index >= 15 is 0 Å². The van der Waals surface area contributed by atoms with Crippen LogP contribution >= 0.6 is 0 Å². The lowest BCUT2D eigenvalue weighted by molar-refractivity contribution is -0.141. The Labute approximate surface area is 101 Å². The van der Waals surface area contributed by atoms with Gasteiger partial charge in [0.2, 0.25) is 0 Å². The van der Waals surface area contributed by atoms with Crippen molar-refractivity contribution in [1.29, 1.82) is 5.26 Å². The fourth-order valence-electron chi connectivity index (χ4n) is 1.47. The summed E-state index contributed by atoms with van der Waals surface area (Å²) < 4.78 is 37.4. The summed E-state index contributed by atoms with van der Waals surface area (Å²) in [6, 6.07) is 6.98. The van der Waals surface area contributed by atoms with Crippen LogP contribution in [0.4, 0.5) is 13.2 Å². The molecule has 0 unspecified atom stereocenters. The van der Waals surface area contributed by atoms with Gasteiger partial charge in [-0.1, -0.05) is 0 Å². The Morgan fingerprint density at radius 3 is 2.28 bits per heavy atom. The van der Waals surface area contributed by atoms with E-state index in [9.17, 15) is 13.2 Å². The smallest absolute Gasteiger partial charge is 0.265 e. The first kappa shape index (κ1) is 12.0. The minimum atomic E-state index is -4.55. The van der Waals surface area contributed by atoms with E-state index < -0.39 is 11.9 Å². The van der Waals surface area contributed by atoms with Gasteiger partial charge >= 0.3 is 6.18 Å². The molecule has 2 heterocycles. The molecule has 0 saturated heterocycles. The van der Waals surface area contributed by atoms with Crippen LogP contribution in [-0.4, -0.2) is 9.97 Å². The van der Waals surface area contributed by atoms with E-state index in [4.69, 9.17) is 5.26 Å². The molecule has 18 heavy (non-hydrogen) atoms. The zero-order valence-electron chi connectivity index (χ0n) is 8.94. The van der Waals surface area contributed by atoms with Gasteiger partial charge in [-0.2, -0.15) is 18.4 Å². The lowest BCUT2D eigenvalue weighted by Crippen LogP contribution is -2.09. The zero-order valence-corrected chi connectivity index (χ0v) is 8.94. The van der Waals surface area contributed by atoms with Crippen LogP contribution in [0, 0.1) is 11.3 Å². The standard InChI is InChI=1S/C12H6F3N3/c13-12(14,15)11-2-1-9(10(7-16)18-11)8-3-5-17-6-4-8/h1-6H. The van der Waals surface area contributed by atoms with Crippen LogP contribution in [0.1, 0.15) is 11.4 Å². The Kier molecular flexibility index (Phi) is 2.98. The van der Waals surface area contributed by atoms with Gasteiger partial charge in [-0.05, 0) is 29.8 Å². The number of nitrogens with zero attached hydrogens (tertiary/aromatic N) is 3. The Bertz CT molecular complexity index is 600. The van der Waals surface area contributed by atoms with Gasteiger partial charge in [-0.15, -0.1) is 0 Å². The number of rotatable bonds is 1. The van der Waals surface area contributed by atoms with Gasteiger partial charge in [0.1, 0.15) is 17.5 Å². The van der Waals surface area contributed by atoms with Crippen molar-refractivity contribution in [2.75, 3.05) is 0 Å². The van der Waals surface area contributed by atoms with E-state index in [1.165, 1.54) is 18.5 Å². The van der Waals surface area contributed by atoms with Crippen molar-refractivity contribution in [3.8, 4) is 17.2 Å². The molecule has 0 aliphatic rings. The van der Waals surface area contributed by atoms with Crippen LogP contribution < -0.4 is 0 Å². The van der Waals surface area contributed by atoms with Crippen molar-refractivity contribution in [2.24, 2.45) is 0 Å². The second-order valence-electron chi connectivity index (χ2n) is 3.44. The highest BCUT2D eigenvalue weighted by Crippen LogP contribution is 2.30. The number of hydrogen-bond donors (Lipinski definition) is 0. The van der Waals surface area contributed by atoms with Crippen LogP contribution in [0.5, 0.6) is 0 Å². The molecule has 0 aromatic carbocycles. The molecular formula is C12H6F3N3. The summed E-state index contributed by atoms with van der Waals surface area (Å²) >= 11 is 0. The number of pyridine rings is 2. The van der Waals surface area contributed by atoms with E-state index in [-0.39, 0.29) is 5.69 Å². The molecule has 0 radical (unpaired) electrons. The van der Waals surface area contributed by atoms with E-state index in [2.05, 4.69) is 9.97 Å². The van der Waals surface area contributed by atoms with E-state index in [0.29, 0.717) is 11.1 Å². The maximum atomic E-state index is 12.5. The molecule has 3 nitrogen and oxygen atoms in total. The minimum absolute atomic E-state index is 0.254. The van der Waals surface area contributed by atoms with Crippen molar-refractivity contribution in [3.63, 3.8) is 0 Å². The SMILES string of the molecule is N#Cc1nc(C(F)(F)F)ccc1-c1ccncc1. The van der Waals surface area contributed by atoms with Crippen molar-refractivity contribution in [3.05, 3.63) is 48.0 Å². The van der Waals surface area contributed by atoms with Gasteiger partial charge in [0.25, 0.3) is 0 Å². The van der Waals surface area contributed by atoms with Crippen molar-refractivity contribution < 1.29 is 13.2 Å². The molecular weight excluding hydrogens is 243 g/mol. The first-order chi connectivity index (χ1) is 8.52. The quantitative estimate of drug-likeness (QED) is 0.780. The second-order valence-corrected chi connectivity index (χ2v) is 3.44. The molecule has 0 saturated carbocycles. The number of hydrogen-bond acceptors (Lipinski definition) is 3. The first-order valence-electron chi connectivity index (χ1n) is 4.91. The average Bonchev–Trinajstić information content (AvgIpc) is 2.38. The fraction of sp³-hybridized carbons (Fsp3) is 0.0833. The average molecular weight is 249 g/mol. The summed E-state index contributed by atoms with van der Waals surface area (Å²) in [4.78, 5) is 7.13. The van der Waals surface area contributed by atoms with Crippen LogP contribution in [0.25, 0.3) is 11.1 Å². The third-order valence-electron chi connectivity index (χ3n) is 2.28.